The summed E-state index contributed by atoms with van der Waals surface area (Å²) < 4.78 is 0. The van der Waals surface area contributed by atoms with Crippen molar-refractivity contribution < 1.29 is 0 Å². The molecule has 2 unspecified atom stereocenters. The van der Waals surface area contributed by atoms with Crippen molar-refractivity contribution in [1.29, 1.82) is 0 Å². The molecule has 0 N–H and O–H groups in total. The average Bonchev–Trinajstić information content (AvgIpc) is 2.97. The summed E-state index contributed by atoms with van der Waals surface area (Å²) in [6.07, 6.45) is 10.0. The monoisotopic (exact) mass is 274 g/mol. The molecular weight excluding hydrogens is 252 g/mol. The van der Waals surface area contributed by atoms with Crippen LogP contribution in [-0.2, 0) is 0 Å². The van der Waals surface area contributed by atoms with Crippen molar-refractivity contribution in [2.75, 3.05) is 0 Å². The number of fused-ring (bicyclic) bond motifs is 2. The van der Waals surface area contributed by atoms with E-state index in [-0.39, 0.29) is 0 Å². The lowest BCUT2D eigenvalue weighted by atomic mass is 9.82. The fourth-order valence-corrected chi connectivity index (χ4v) is 4.16. The second-order valence-electron chi connectivity index (χ2n) is 6.47. The summed E-state index contributed by atoms with van der Waals surface area (Å²) in [5.41, 5.74) is 4.74. The van der Waals surface area contributed by atoms with Crippen molar-refractivity contribution in [2.24, 2.45) is 11.8 Å². The highest BCUT2D eigenvalue weighted by atomic mass is 14.4. The SMILES string of the molecule is CCC1CC2=CCC=C(c3cccc4ccccc34)C2C1. The number of rotatable bonds is 2. The molecule has 2 aliphatic rings. The Morgan fingerprint density at radius 3 is 2.76 bits per heavy atom. The molecule has 2 aromatic rings. The summed E-state index contributed by atoms with van der Waals surface area (Å²) in [6, 6.07) is 15.5. The Morgan fingerprint density at radius 2 is 1.86 bits per heavy atom. The second kappa shape index (κ2) is 5.18. The van der Waals surface area contributed by atoms with Crippen molar-refractivity contribution in [2.45, 2.75) is 32.6 Å². The van der Waals surface area contributed by atoms with Crippen molar-refractivity contribution in [3.8, 4) is 0 Å². The second-order valence-corrected chi connectivity index (χ2v) is 6.47. The van der Waals surface area contributed by atoms with Gasteiger partial charge in [-0.3, -0.25) is 0 Å². The van der Waals surface area contributed by atoms with Gasteiger partial charge in [0.1, 0.15) is 0 Å². The van der Waals surface area contributed by atoms with Gasteiger partial charge in [-0.25, -0.2) is 0 Å². The molecule has 106 valence electrons. The quantitative estimate of drug-likeness (QED) is 0.590. The van der Waals surface area contributed by atoms with Crippen LogP contribution in [0.2, 0.25) is 0 Å². The maximum atomic E-state index is 2.48. The molecule has 2 atom stereocenters. The zero-order valence-corrected chi connectivity index (χ0v) is 12.7. The normalized spacial score (nSPS) is 24.6. The van der Waals surface area contributed by atoms with E-state index in [0.29, 0.717) is 5.92 Å². The highest BCUT2D eigenvalue weighted by Crippen LogP contribution is 2.48. The Labute approximate surface area is 127 Å². The van der Waals surface area contributed by atoms with Gasteiger partial charge in [0, 0.05) is 5.92 Å². The molecule has 0 heterocycles. The van der Waals surface area contributed by atoms with Crippen molar-refractivity contribution in [3.63, 3.8) is 0 Å². The van der Waals surface area contributed by atoms with Crippen LogP contribution in [0.1, 0.15) is 38.2 Å². The maximum absolute atomic E-state index is 2.48. The molecule has 0 radical (unpaired) electrons. The average molecular weight is 274 g/mol. The molecular formula is C21H22. The predicted octanol–water partition coefficient (Wildman–Crippen LogP) is 5.99. The molecule has 0 heteroatoms. The van der Waals surface area contributed by atoms with E-state index in [1.54, 1.807) is 11.1 Å². The molecule has 0 aliphatic heterocycles. The molecule has 0 spiro atoms. The van der Waals surface area contributed by atoms with E-state index in [0.717, 1.165) is 12.3 Å². The van der Waals surface area contributed by atoms with E-state index in [9.17, 15) is 0 Å². The minimum Gasteiger partial charge on any atom is -0.0809 e. The third-order valence-electron chi connectivity index (χ3n) is 5.31. The Bertz CT molecular complexity index is 727. The first kappa shape index (κ1) is 12.9. The molecule has 0 nitrogen and oxygen atoms in total. The van der Waals surface area contributed by atoms with E-state index in [1.165, 1.54) is 35.6 Å². The first-order valence-corrected chi connectivity index (χ1v) is 8.24. The van der Waals surface area contributed by atoms with Crippen molar-refractivity contribution in [3.05, 3.63) is 65.8 Å². The van der Waals surface area contributed by atoms with Crippen LogP contribution in [0, 0.1) is 11.8 Å². The Balaban J connectivity index is 1.80. The third kappa shape index (κ3) is 2.14. The fraction of sp³-hybridized carbons (Fsp3) is 0.333. The minimum absolute atomic E-state index is 0.675. The molecule has 2 aliphatic carbocycles. The first-order chi connectivity index (χ1) is 10.4. The van der Waals surface area contributed by atoms with Gasteiger partial charge in [-0.05, 0) is 47.1 Å². The van der Waals surface area contributed by atoms with E-state index < -0.39 is 0 Å². The number of benzene rings is 2. The van der Waals surface area contributed by atoms with Crippen LogP contribution in [0.4, 0.5) is 0 Å². The van der Waals surface area contributed by atoms with Crippen LogP contribution in [0.5, 0.6) is 0 Å². The van der Waals surface area contributed by atoms with Crippen molar-refractivity contribution >= 4 is 16.3 Å². The molecule has 1 fully saturated rings. The molecule has 0 amide bonds. The third-order valence-corrected chi connectivity index (χ3v) is 5.31. The summed E-state index contributed by atoms with van der Waals surface area (Å²) in [7, 11) is 0. The van der Waals surface area contributed by atoms with Crippen LogP contribution >= 0.6 is 0 Å². The summed E-state index contributed by atoms with van der Waals surface area (Å²) in [6.45, 7) is 2.34. The lowest BCUT2D eigenvalue weighted by Crippen LogP contribution is -2.05. The van der Waals surface area contributed by atoms with Gasteiger partial charge in [0.2, 0.25) is 0 Å². The Hall–Kier alpha value is -1.82. The van der Waals surface area contributed by atoms with E-state index >= 15 is 0 Å². The summed E-state index contributed by atoms with van der Waals surface area (Å²) in [5.74, 6) is 1.56. The predicted molar refractivity (Wildman–Crippen MR) is 91.1 cm³/mol. The van der Waals surface area contributed by atoms with Gasteiger partial charge in [-0.1, -0.05) is 73.5 Å². The van der Waals surface area contributed by atoms with Gasteiger partial charge in [0.25, 0.3) is 0 Å². The van der Waals surface area contributed by atoms with Crippen LogP contribution in [0.25, 0.3) is 16.3 Å². The van der Waals surface area contributed by atoms with Crippen molar-refractivity contribution in [1.82, 2.24) is 0 Å². The lowest BCUT2D eigenvalue weighted by Gasteiger charge is -2.22. The largest absolute Gasteiger partial charge is 0.0809 e. The maximum Gasteiger partial charge on any atom is 0.00542 e. The zero-order chi connectivity index (χ0) is 14.2. The Morgan fingerprint density at radius 1 is 1.00 bits per heavy atom. The summed E-state index contributed by atoms with van der Waals surface area (Å²) in [5, 5.41) is 2.77. The van der Waals surface area contributed by atoms with Gasteiger partial charge in [-0.15, -0.1) is 0 Å². The van der Waals surface area contributed by atoms with Gasteiger partial charge in [0.15, 0.2) is 0 Å². The van der Waals surface area contributed by atoms with E-state index in [1.807, 2.05) is 0 Å². The van der Waals surface area contributed by atoms with Gasteiger partial charge >= 0.3 is 0 Å². The summed E-state index contributed by atoms with van der Waals surface area (Å²) >= 11 is 0. The van der Waals surface area contributed by atoms with Gasteiger partial charge in [0.05, 0.1) is 0 Å². The van der Waals surface area contributed by atoms with E-state index in [4.69, 9.17) is 0 Å². The molecule has 2 aromatic carbocycles. The highest BCUT2D eigenvalue weighted by Gasteiger charge is 2.32. The lowest BCUT2D eigenvalue weighted by molar-refractivity contribution is 0.519. The van der Waals surface area contributed by atoms with Crippen LogP contribution < -0.4 is 0 Å². The van der Waals surface area contributed by atoms with E-state index in [2.05, 4.69) is 61.5 Å². The molecule has 0 bridgehead atoms. The standard InChI is InChI=1S/C21H22/c1-2-15-13-17-9-6-12-20(21(17)14-15)19-11-5-8-16-7-3-4-10-18(16)19/h3-5,7-12,15,21H,2,6,13-14H2,1H3. The van der Waals surface area contributed by atoms with Gasteiger partial charge in [-0.2, -0.15) is 0 Å². The highest BCUT2D eigenvalue weighted by molar-refractivity contribution is 5.95. The molecule has 0 aromatic heterocycles. The number of hydrogen-bond acceptors (Lipinski definition) is 0. The topological polar surface area (TPSA) is 0 Å². The van der Waals surface area contributed by atoms with Crippen LogP contribution in [-0.4, -0.2) is 0 Å². The van der Waals surface area contributed by atoms with Gasteiger partial charge < -0.3 is 0 Å². The number of hydrogen-bond donors (Lipinski definition) is 0. The van der Waals surface area contributed by atoms with Crippen LogP contribution in [0.3, 0.4) is 0 Å². The smallest absolute Gasteiger partial charge is 0.00542 e. The zero-order valence-electron chi connectivity index (χ0n) is 12.7. The molecule has 0 saturated heterocycles. The molecule has 21 heavy (non-hydrogen) atoms. The summed E-state index contributed by atoms with van der Waals surface area (Å²) in [4.78, 5) is 0. The fourth-order valence-electron chi connectivity index (χ4n) is 4.16. The molecule has 1 saturated carbocycles. The minimum atomic E-state index is 0.675. The molecule has 4 rings (SSSR count). The van der Waals surface area contributed by atoms with Crippen LogP contribution in [0.15, 0.2) is 60.2 Å². The number of allylic oxidation sites excluding steroid dienone is 4. The Kier molecular flexibility index (Phi) is 3.18. The first-order valence-electron chi connectivity index (χ1n) is 8.24.